The fourth-order valence-corrected chi connectivity index (χ4v) is 5.88. The van der Waals surface area contributed by atoms with E-state index < -0.39 is 0 Å². The Labute approximate surface area is 242 Å². The minimum atomic E-state index is -0.206. The molecule has 0 bridgehead atoms. The molecule has 5 rings (SSSR count). The van der Waals surface area contributed by atoms with Crippen molar-refractivity contribution in [3.8, 4) is 22.8 Å². The summed E-state index contributed by atoms with van der Waals surface area (Å²) in [6.07, 6.45) is 1.78. The zero-order valence-electron chi connectivity index (χ0n) is 25.5. The molecule has 0 unspecified atom stereocenters. The van der Waals surface area contributed by atoms with Gasteiger partial charge < -0.3 is 9.30 Å². The van der Waals surface area contributed by atoms with E-state index in [0.717, 1.165) is 39.4 Å². The minimum absolute atomic E-state index is 0.206. The van der Waals surface area contributed by atoms with E-state index in [2.05, 4.69) is 77.3 Å². The van der Waals surface area contributed by atoms with E-state index in [0.29, 0.717) is 16.7 Å². The van der Waals surface area contributed by atoms with Crippen LogP contribution >= 0.6 is 0 Å². The molecule has 0 radical (unpaired) electrons. The molecule has 2 heterocycles. The molecule has 6 nitrogen and oxygen atoms in total. The Morgan fingerprint density at radius 2 is 1.59 bits per heavy atom. The van der Waals surface area contributed by atoms with E-state index in [4.69, 9.17) is 14.8 Å². The molecule has 0 amide bonds. The van der Waals surface area contributed by atoms with Crippen LogP contribution in [0.5, 0.6) is 5.75 Å². The van der Waals surface area contributed by atoms with Crippen LogP contribution in [0.15, 0.2) is 64.5 Å². The number of methoxy groups -OCH3 is 1. The van der Waals surface area contributed by atoms with Gasteiger partial charge in [-0.15, -0.1) is 0 Å². The third-order valence-corrected chi connectivity index (χ3v) is 7.84. The molecule has 0 saturated carbocycles. The molecule has 0 fully saturated rings. The van der Waals surface area contributed by atoms with Gasteiger partial charge in [0.15, 0.2) is 5.82 Å². The number of hydrogen-bond donors (Lipinski definition) is 0. The van der Waals surface area contributed by atoms with Crippen molar-refractivity contribution in [3.05, 3.63) is 110 Å². The average Bonchev–Trinajstić information content (AvgIpc) is 3.19. The van der Waals surface area contributed by atoms with Crippen LogP contribution in [0, 0.1) is 41.5 Å². The van der Waals surface area contributed by atoms with Gasteiger partial charge in [-0.25, -0.2) is 4.98 Å². The fraction of sp³-hybridized carbons (Fsp3) is 0.286. The summed E-state index contributed by atoms with van der Waals surface area (Å²) in [5, 5.41) is 5.33. The number of ether oxygens (including phenoxy) is 1. The van der Waals surface area contributed by atoms with Gasteiger partial charge in [-0.3, -0.25) is 4.79 Å². The summed E-state index contributed by atoms with van der Waals surface area (Å²) in [6, 6.07) is 18.1. The van der Waals surface area contributed by atoms with Gasteiger partial charge in [0.25, 0.3) is 5.56 Å². The highest BCUT2D eigenvalue weighted by molar-refractivity contribution is 5.84. The maximum absolute atomic E-state index is 13.9. The molecule has 0 spiro atoms. The number of rotatable bonds is 6. The smallest absolute Gasteiger partial charge is 0.282 e. The normalized spacial score (nSPS) is 11.8. The van der Waals surface area contributed by atoms with Crippen molar-refractivity contribution in [2.75, 3.05) is 7.11 Å². The Morgan fingerprint density at radius 3 is 2.24 bits per heavy atom. The Kier molecular flexibility index (Phi) is 7.43. The summed E-state index contributed by atoms with van der Waals surface area (Å²) in [7, 11) is 1.69. The summed E-state index contributed by atoms with van der Waals surface area (Å²) in [5.41, 5.74) is 11.3. The van der Waals surface area contributed by atoms with Crippen molar-refractivity contribution in [2.24, 2.45) is 5.10 Å². The first kappa shape index (κ1) is 28.1. The zero-order chi connectivity index (χ0) is 29.6. The Hall–Kier alpha value is -4.45. The number of aromatic nitrogens is 3. The van der Waals surface area contributed by atoms with Crippen molar-refractivity contribution < 1.29 is 4.74 Å². The summed E-state index contributed by atoms with van der Waals surface area (Å²) >= 11 is 0. The second kappa shape index (κ2) is 10.8. The molecule has 0 N–H and O–H groups in total. The zero-order valence-corrected chi connectivity index (χ0v) is 25.5. The van der Waals surface area contributed by atoms with Crippen LogP contribution in [0.2, 0.25) is 0 Å². The van der Waals surface area contributed by atoms with E-state index in [1.165, 1.54) is 27.1 Å². The molecule has 5 aromatic rings. The topological polar surface area (TPSA) is 61.4 Å². The van der Waals surface area contributed by atoms with Gasteiger partial charge in [-0.05, 0) is 100 Å². The highest BCUT2D eigenvalue weighted by Crippen LogP contribution is 2.34. The molecule has 0 saturated heterocycles. The average molecular weight is 547 g/mol. The second-order valence-electron chi connectivity index (χ2n) is 11.3. The molecule has 6 heteroatoms. The molecule has 210 valence electrons. The van der Waals surface area contributed by atoms with Crippen LogP contribution in [0.25, 0.3) is 28.0 Å². The van der Waals surface area contributed by atoms with Crippen LogP contribution in [0.1, 0.15) is 64.5 Å². The van der Waals surface area contributed by atoms with E-state index in [1.54, 1.807) is 19.4 Å². The van der Waals surface area contributed by atoms with E-state index in [9.17, 15) is 4.79 Å². The van der Waals surface area contributed by atoms with Crippen molar-refractivity contribution in [1.29, 1.82) is 0 Å². The minimum Gasteiger partial charge on any atom is -0.496 e. The van der Waals surface area contributed by atoms with E-state index >= 15 is 0 Å². The van der Waals surface area contributed by atoms with E-state index in [1.807, 2.05) is 31.2 Å². The second-order valence-corrected chi connectivity index (χ2v) is 11.3. The van der Waals surface area contributed by atoms with Crippen LogP contribution in [-0.4, -0.2) is 27.6 Å². The highest BCUT2D eigenvalue weighted by Gasteiger charge is 2.19. The Balaban J connectivity index is 1.72. The third kappa shape index (κ3) is 4.99. The molecule has 0 aliphatic heterocycles. The van der Waals surface area contributed by atoms with Crippen LogP contribution in [-0.2, 0) is 0 Å². The van der Waals surface area contributed by atoms with Crippen molar-refractivity contribution in [1.82, 2.24) is 14.2 Å². The molecule has 41 heavy (non-hydrogen) atoms. The SMILES string of the molecule is COc1cc(C)c(-c2nc3ccccc3c(=O)n2N=Cc2cc(C)n(-c3c(C)cc(C)cc3C)c2C)cc1C(C)C. The predicted molar refractivity (Wildman–Crippen MR) is 169 cm³/mol. The molecule has 2 aromatic heterocycles. The Bertz CT molecular complexity index is 1870. The van der Waals surface area contributed by atoms with Crippen LogP contribution in [0.4, 0.5) is 0 Å². The van der Waals surface area contributed by atoms with Crippen molar-refractivity contribution >= 4 is 17.1 Å². The van der Waals surface area contributed by atoms with Crippen molar-refractivity contribution in [3.63, 3.8) is 0 Å². The largest absolute Gasteiger partial charge is 0.496 e. The molecule has 0 aliphatic carbocycles. The molecule has 0 aliphatic rings. The van der Waals surface area contributed by atoms with Crippen LogP contribution in [0.3, 0.4) is 0 Å². The quantitative estimate of drug-likeness (QED) is 0.205. The van der Waals surface area contributed by atoms with Gasteiger partial charge in [0.2, 0.25) is 0 Å². The van der Waals surface area contributed by atoms with Gasteiger partial charge in [-0.1, -0.05) is 43.7 Å². The maximum Gasteiger partial charge on any atom is 0.282 e. The monoisotopic (exact) mass is 546 g/mol. The van der Waals surface area contributed by atoms with E-state index in [-0.39, 0.29) is 11.5 Å². The Morgan fingerprint density at radius 1 is 0.902 bits per heavy atom. The lowest BCUT2D eigenvalue weighted by atomic mass is 9.96. The summed E-state index contributed by atoms with van der Waals surface area (Å²) in [6.45, 7) is 16.9. The first-order valence-electron chi connectivity index (χ1n) is 14.0. The molecular formula is C35H38N4O2. The lowest BCUT2D eigenvalue weighted by molar-refractivity contribution is 0.407. The standard InChI is InChI=1S/C35H38N4O2/c1-20(2)29-18-30(22(4)16-32(29)41-9)34-37-31-13-11-10-12-28(31)35(40)39(34)36-19-27-17-25(7)38(26(27)8)33-23(5)14-21(3)15-24(33)6/h10-20H,1-9H3. The van der Waals surface area contributed by atoms with Gasteiger partial charge in [0.05, 0.1) is 29.9 Å². The summed E-state index contributed by atoms with van der Waals surface area (Å²) < 4.78 is 9.39. The highest BCUT2D eigenvalue weighted by atomic mass is 16.5. The first-order valence-corrected chi connectivity index (χ1v) is 14.0. The summed E-state index contributed by atoms with van der Waals surface area (Å²) in [5.74, 6) is 1.56. The molecule has 0 atom stereocenters. The lowest BCUT2D eigenvalue weighted by Crippen LogP contribution is -2.21. The lowest BCUT2D eigenvalue weighted by Gasteiger charge is -2.17. The number of hydrogen-bond acceptors (Lipinski definition) is 4. The first-order chi connectivity index (χ1) is 19.5. The fourth-order valence-electron chi connectivity index (χ4n) is 5.88. The molecule has 3 aromatic carbocycles. The third-order valence-electron chi connectivity index (χ3n) is 7.84. The molecular weight excluding hydrogens is 508 g/mol. The predicted octanol–water partition coefficient (Wildman–Crippen LogP) is 7.72. The van der Waals surface area contributed by atoms with Crippen molar-refractivity contribution in [2.45, 2.75) is 61.3 Å². The number of fused-ring (bicyclic) bond motifs is 1. The number of nitrogens with zero attached hydrogens (tertiary/aromatic N) is 4. The van der Waals surface area contributed by atoms with Gasteiger partial charge >= 0.3 is 0 Å². The van der Waals surface area contributed by atoms with Gasteiger partial charge in [-0.2, -0.15) is 9.78 Å². The number of benzene rings is 3. The van der Waals surface area contributed by atoms with Gasteiger partial charge in [0, 0.05) is 22.5 Å². The summed E-state index contributed by atoms with van der Waals surface area (Å²) in [4.78, 5) is 18.8. The number of aryl methyl sites for hydroxylation is 5. The number of para-hydroxylation sites is 1. The maximum atomic E-state index is 13.9. The van der Waals surface area contributed by atoms with Crippen LogP contribution < -0.4 is 10.3 Å². The van der Waals surface area contributed by atoms with Gasteiger partial charge in [0.1, 0.15) is 5.75 Å².